The highest BCUT2D eigenvalue weighted by Gasteiger charge is 2.04. The third-order valence-corrected chi connectivity index (χ3v) is 3.17. The van der Waals surface area contributed by atoms with Crippen molar-refractivity contribution < 1.29 is 0 Å². The van der Waals surface area contributed by atoms with E-state index in [1.807, 2.05) is 0 Å². The van der Waals surface area contributed by atoms with Crippen LogP contribution in [0.5, 0.6) is 0 Å². The van der Waals surface area contributed by atoms with Crippen LogP contribution in [0.3, 0.4) is 0 Å². The molecule has 1 aromatic heterocycles. The summed E-state index contributed by atoms with van der Waals surface area (Å²) in [6.07, 6.45) is 7.99. The maximum Gasteiger partial charge on any atom is 0.258 e. The first-order valence-corrected chi connectivity index (χ1v) is 6.91. The number of benzene rings is 1. The molecule has 0 radical (unpaired) electrons. The summed E-state index contributed by atoms with van der Waals surface area (Å²) in [5, 5.41) is 4.35. The minimum Gasteiger partial charge on any atom is -0.310 e. The summed E-state index contributed by atoms with van der Waals surface area (Å²) in [6, 6.07) is 5.06. The Hall–Kier alpha value is -1.83. The Morgan fingerprint density at radius 3 is 3.05 bits per heavy atom. The lowest BCUT2D eigenvalue weighted by Crippen LogP contribution is -2.20. The lowest BCUT2D eigenvalue weighted by Gasteiger charge is -2.05. The van der Waals surface area contributed by atoms with E-state index in [-0.39, 0.29) is 5.56 Å². The van der Waals surface area contributed by atoms with Gasteiger partial charge in [-0.3, -0.25) is 4.79 Å². The Bertz CT molecular complexity index is 688. The molecule has 0 fully saturated rings. The molecule has 1 aromatic carbocycles. The summed E-state index contributed by atoms with van der Waals surface area (Å²) >= 11 is 5.91. The van der Waals surface area contributed by atoms with Gasteiger partial charge in [0.1, 0.15) is 5.82 Å². The van der Waals surface area contributed by atoms with Crippen LogP contribution in [0, 0.1) is 12.3 Å². The zero-order valence-corrected chi connectivity index (χ0v) is 11.8. The van der Waals surface area contributed by atoms with E-state index >= 15 is 0 Å². The molecule has 1 heterocycles. The van der Waals surface area contributed by atoms with Gasteiger partial charge in [-0.15, -0.1) is 12.3 Å². The third kappa shape index (κ3) is 3.83. The molecule has 0 spiro atoms. The van der Waals surface area contributed by atoms with Gasteiger partial charge in [0.05, 0.1) is 17.4 Å². The number of unbranched alkanes of at least 4 members (excludes halogenated alkanes) is 2. The number of H-pyrrole nitrogens is 1. The predicted octanol–water partition coefficient (Wildman–Crippen LogP) is 2.47. The average molecular weight is 290 g/mol. The second-order valence-corrected chi connectivity index (χ2v) is 4.95. The molecule has 104 valence electrons. The first-order chi connectivity index (χ1) is 9.70. The van der Waals surface area contributed by atoms with Crippen LogP contribution >= 0.6 is 11.6 Å². The van der Waals surface area contributed by atoms with Crippen molar-refractivity contribution >= 4 is 22.5 Å². The van der Waals surface area contributed by atoms with Gasteiger partial charge in [0.15, 0.2) is 0 Å². The number of nitrogens with one attached hydrogen (secondary N) is 2. The van der Waals surface area contributed by atoms with Crippen LogP contribution in [0.25, 0.3) is 10.9 Å². The number of hydrogen-bond donors (Lipinski definition) is 2. The quantitative estimate of drug-likeness (QED) is 0.634. The van der Waals surface area contributed by atoms with Crippen molar-refractivity contribution in [3.05, 3.63) is 39.4 Å². The van der Waals surface area contributed by atoms with E-state index in [9.17, 15) is 4.79 Å². The number of halogens is 1. The highest BCUT2D eigenvalue weighted by atomic mass is 35.5. The van der Waals surface area contributed by atoms with Crippen molar-refractivity contribution in [2.45, 2.75) is 25.8 Å². The molecule has 2 aromatic rings. The van der Waals surface area contributed by atoms with Crippen molar-refractivity contribution in [3.8, 4) is 12.3 Å². The summed E-state index contributed by atoms with van der Waals surface area (Å²) in [6.45, 7) is 1.37. The molecule has 5 heteroatoms. The average Bonchev–Trinajstić information content (AvgIpc) is 2.42. The van der Waals surface area contributed by atoms with Crippen molar-refractivity contribution in [2.75, 3.05) is 6.54 Å². The molecule has 0 unspecified atom stereocenters. The molecule has 0 bridgehead atoms. The van der Waals surface area contributed by atoms with Gasteiger partial charge in [-0.05, 0) is 37.6 Å². The van der Waals surface area contributed by atoms with E-state index in [4.69, 9.17) is 18.0 Å². The first kappa shape index (κ1) is 14.6. The molecule has 0 aliphatic carbocycles. The first-order valence-electron chi connectivity index (χ1n) is 6.53. The van der Waals surface area contributed by atoms with Crippen LogP contribution in [0.15, 0.2) is 23.0 Å². The fourth-order valence-electron chi connectivity index (χ4n) is 1.93. The van der Waals surface area contributed by atoms with E-state index in [0.29, 0.717) is 28.3 Å². The number of nitrogens with zero attached hydrogens (tertiary/aromatic N) is 1. The highest BCUT2D eigenvalue weighted by molar-refractivity contribution is 6.31. The Morgan fingerprint density at radius 2 is 2.25 bits per heavy atom. The molecule has 0 atom stereocenters. The Kier molecular flexibility index (Phi) is 5.16. The molecule has 20 heavy (non-hydrogen) atoms. The van der Waals surface area contributed by atoms with Crippen molar-refractivity contribution in [1.82, 2.24) is 15.3 Å². The summed E-state index contributed by atoms with van der Waals surface area (Å²) in [5.41, 5.74) is 0.473. The predicted molar refractivity (Wildman–Crippen MR) is 81.8 cm³/mol. The minimum atomic E-state index is -0.143. The molecule has 0 amide bonds. The maximum absolute atomic E-state index is 11.9. The smallest absolute Gasteiger partial charge is 0.258 e. The fourth-order valence-corrected chi connectivity index (χ4v) is 2.09. The van der Waals surface area contributed by atoms with Crippen molar-refractivity contribution in [1.29, 1.82) is 0 Å². The monoisotopic (exact) mass is 289 g/mol. The van der Waals surface area contributed by atoms with Gasteiger partial charge in [0.25, 0.3) is 5.56 Å². The van der Waals surface area contributed by atoms with Crippen LogP contribution in [-0.2, 0) is 6.54 Å². The molecule has 2 rings (SSSR count). The number of hydrogen-bond acceptors (Lipinski definition) is 3. The van der Waals surface area contributed by atoms with Gasteiger partial charge >= 0.3 is 0 Å². The standard InChI is InChI=1S/C15H16ClN3O/c1-2-3-4-5-8-17-10-14-18-13-9-11(16)6-7-12(13)15(20)19-14/h1,6-7,9,17H,3-5,8,10H2,(H,18,19,20). The molecular formula is C15H16ClN3O. The molecule has 2 N–H and O–H groups in total. The van der Waals surface area contributed by atoms with Gasteiger partial charge in [0, 0.05) is 11.4 Å². The second kappa shape index (κ2) is 7.09. The molecule has 0 saturated carbocycles. The normalized spacial score (nSPS) is 10.6. The zero-order chi connectivity index (χ0) is 14.4. The largest absolute Gasteiger partial charge is 0.310 e. The van der Waals surface area contributed by atoms with E-state index in [1.54, 1.807) is 18.2 Å². The second-order valence-electron chi connectivity index (χ2n) is 4.51. The summed E-state index contributed by atoms with van der Waals surface area (Å²) in [7, 11) is 0. The van der Waals surface area contributed by atoms with Crippen LogP contribution < -0.4 is 10.9 Å². The Morgan fingerprint density at radius 1 is 1.40 bits per heavy atom. The van der Waals surface area contributed by atoms with E-state index in [0.717, 1.165) is 25.8 Å². The van der Waals surface area contributed by atoms with E-state index in [2.05, 4.69) is 21.2 Å². The Balaban J connectivity index is 2.01. The number of rotatable bonds is 6. The fraction of sp³-hybridized carbons (Fsp3) is 0.333. The minimum absolute atomic E-state index is 0.143. The van der Waals surface area contributed by atoms with Crippen LogP contribution in [0.4, 0.5) is 0 Å². The SMILES string of the molecule is C#CCCCCNCc1nc2cc(Cl)ccc2c(=O)[nH]1. The van der Waals surface area contributed by atoms with E-state index in [1.165, 1.54) is 0 Å². The molecule has 4 nitrogen and oxygen atoms in total. The van der Waals surface area contributed by atoms with Gasteiger partial charge in [-0.1, -0.05) is 11.6 Å². The highest BCUT2D eigenvalue weighted by Crippen LogP contribution is 2.14. The summed E-state index contributed by atoms with van der Waals surface area (Å²) < 4.78 is 0. The topological polar surface area (TPSA) is 57.8 Å². The van der Waals surface area contributed by atoms with Gasteiger partial charge in [-0.25, -0.2) is 4.98 Å². The number of terminal acetylenes is 1. The Labute approximate surface area is 122 Å². The number of aromatic nitrogens is 2. The van der Waals surface area contributed by atoms with Crippen LogP contribution in [0.2, 0.25) is 5.02 Å². The number of aromatic amines is 1. The van der Waals surface area contributed by atoms with Crippen molar-refractivity contribution in [2.24, 2.45) is 0 Å². The lowest BCUT2D eigenvalue weighted by atomic mass is 10.2. The number of fused-ring (bicyclic) bond motifs is 1. The summed E-state index contributed by atoms with van der Waals surface area (Å²) in [5.74, 6) is 3.22. The van der Waals surface area contributed by atoms with Crippen LogP contribution in [-0.4, -0.2) is 16.5 Å². The molecule has 0 aliphatic heterocycles. The van der Waals surface area contributed by atoms with Crippen molar-refractivity contribution in [3.63, 3.8) is 0 Å². The lowest BCUT2D eigenvalue weighted by molar-refractivity contribution is 0.614. The third-order valence-electron chi connectivity index (χ3n) is 2.93. The van der Waals surface area contributed by atoms with Crippen LogP contribution in [0.1, 0.15) is 25.1 Å². The zero-order valence-electron chi connectivity index (χ0n) is 11.1. The van der Waals surface area contributed by atoms with Gasteiger partial charge in [0.2, 0.25) is 0 Å². The molecule has 0 saturated heterocycles. The van der Waals surface area contributed by atoms with Gasteiger partial charge in [-0.2, -0.15) is 0 Å². The summed E-state index contributed by atoms with van der Waals surface area (Å²) in [4.78, 5) is 19.1. The maximum atomic E-state index is 11.9. The van der Waals surface area contributed by atoms with E-state index < -0.39 is 0 Å². The van der Waals surface area contributed by atoms with Gasteiger partial charge < -0.3 is 10.3 Å². The molecular weight excluding hydrogens is 274 g/mol. The molecule has 0 aliphatic rings.